The van der Waals surface area contributed by atoms with Gasteiger partial charge in [-0.2, -0.15) is 0 Å². The fourth-order valence-corrected chi connectivity index (χ4v) is 5.71. The summed E-state index contributed by atoms with van der Waals surface area (Å²) < 4.78 is 1.55. The molecule has 37 heavy (non-hydrogen) atoms. The Balaban J connectivity index is 1.48. The molecule has 6 nitrogen and oxygen atoms in total. The molecule has 1 unspecified atom stereocenters. The monoisotopic (exact) mass is 513 g/mol. The van der Waals surface area contributed by atoms with E-state index in [0.29, 0.717) is 42.0 Å². The predicted octanol–water partition coefficient (Wildman–Crippen LogP) is 5.08. The van der Waals surface area contributed by atoms with Gasteiger partial charge in [-0.15, -0.1) is 0 Å². The summed E-state index contributed by atoms with van der Waals surface area (Å²) in [6.45, 7) is 2.51. The Morgan fingerprint density at radius 2 is 1.73 bits per heavy atom. The Morgan fingerprint density at radius 3 is 2.41 bits per heavy atom. The van der Waals surface area contributed by atoms with Crippen molar-refractivity contribution in [2.75, 3.05) is 11.4 Å². The van der Waals surface area contributed by atoms with Crippen molar-refractivity contribution in [3.05, 3.63) is 117 Å². The van der Waals surface area contributed by atoms with E-state index in [1.165, 1.54) is 6.07 Å². The summed E-state index contributed by atoms with van der Waals surface area (Å²) in [5, 5.41) is 0.629. The topological polar surface area (TPSA) is 85.4 Å². The normalized spacial score (nSPS) is 19.8. The van der Waals surface area contributed by atoms with E-state index in [1.807, 2.05) is 54.6 Å². The lowest BCUT2D eigenvalue weighted by Crippen LogP contribution is -2.38. The number of nitrogens with two attached hydrogens (primary N) is 1. The minimum Gasteiger partial charge on any atom is -0.366 e. The molecule has 7 heteroatoms. The first-order chi connectivity index (χ1) is 17.8. The van der Waals surface area contributed by atoms with Gasteiger partial charge >= 0.3 is 0 Å². The molecule has 2 heterocycles. The first-order valence-electron chi connectivity index (χ1n) is 12.4. The van der Waals surface area contributed by atoms with Gasteiger partial charge in [-0.1, -0.05) is 42.8 Å². The number of hydrogen-bond donors (Lipinski definition) is 1. The number of carbonyl (C=O) groups is 2. The predicted molar refractivity (Wildman–Crippen MR) is 146 cm³/mol. The summed E-state index contributed by atoms with van der Waals surface area (Å²) >= 11 is 6.31. The van der Waals surface area contributed by atoms with Crippen LogP contribution in [-0.2, 0) is 15.0 Å². The van der Waals surface area contributed by atoms with Crippen molar-refractivity contribution < 1.29 is 9.59 Å². The summed E-state index contributed by atoms with van der Waals surface area (Å²) in [6.07, 6.45) is 6.14. The van der Waals surface area contributed by atoms with Gasteiger partial charge < -0.3 is 10.6 Å². The first kappa shape index (κ1) is 24.8. The molecular weight excluding hydrogens is 486 g/mol. The summed E-state index contributed by atoms with van der Waals surface area (Å²) in [7, 11) is 0. The van der Waals surface area contributed by atoms with E-state index in [4.69, 9.17) is 17.3 Å². The lowest BCUT2D eigenvalue weighted by molar-refractivity contribution is -0.115. The van der Waals surface area contributed by atoms with Crippen molar-refractivity contribution >= 4 is 29.1 Å². The van der Waals surface area contributed by atoms with Gasteiger partial charge in [-0.05, 0) is 79.3 Å². The van der Waals surface area contributed by atoms with Gasteiger partial charge in [0.05, 0.1) is 0 Å². The Labute approximate surface area is 220 Å². The maximum absolute atomic E-state index is 13.8. The highest BCUT2D eigenvalue weighted by Crippen LogP contribution is 2.44. The molecule has 3 aromatic rings. The third-order valence-electron chi connectivity index (χ3n) is 7.58. The van der Waals surface area contributed by atoms with Crippen LogP contribution in [0.25, 0.3) is 5.69 Å². The number of rotatable bonds is 5. The van der Waals surface area contributed by atoms with E-state index in [9.17, 15) is 14.4 Å². The third kappa shape index (κ3) is 4.53. The van der Waals surface area contributed by atoms with Gasteiger partial charge in [-0.25, -0.2) is 0 Å². The zero-order valence-corrected chi connectivity index (χ0v) is 21.4. The SMILES string of the molecule is CCC1(c2cccc(Cl)c2)C=C(C(N)=O)C2=C(CC1)C(=O)N(c1ccc(-n3ccccc3=O)cc1)CC2. The van der Waals surface area contributed by atoms with Crippen LogP contribution in [-0.4, -0.2) is 22.9 Å². The number of hydrogen-bond acceptors (Lipinski definition) is 3. The summed E-state index contributed by atoms with van der Waals surface area (Å²) in [4.78, 5) is 40.4. The fourth-order valence-electron chi connectivity index (χ4n) is 5.52. The summed E-state index contributed by atoms with van der Waals surface area (Å²) in [5.74, 6) is -0.635. The number of carbonyl (C=O) groups excluding carboxylic acids is 2. The molecule has 0 bridgehead atoms. The molecule has 2 aromatic carbocycles. The van der Waals surface area contributed by atoms with Crippen LogP contribution >= 0.6 is 11.6 Å². The van der Waals surface area contributed by atoms with E-state index >= 15 is 0 Å². The van der Waals surface area contributed by atoms with Crippen LogP contribution in [0.3, 0.4) is 0 Å². The van der Waals surface area contributed by atoms with Crippen LogP contribution in [0.5, 0.6) is 0 Å². The largest absolute Gasteiger partial charge is 0.366 e. The van der Waals surface area contributed by atoms with Crippen LogP contribution in [0.15, 0.2) is 101 Å². The van der Waals surface area contributed by atoms with Gasteiger partial charge in [0.25, 0.3) is 11.5 Å². The molecular formula is C30H28ClN3O3. The van der Waals surface area contributed by atoms with Crippen LogP contribution in [0, 0.1) is 0 Å². The van der Waals surface area contributed by atoms with Crippen molar-refractivity contribution in [1.82, 2.24) is 4.57 Å². The molecule has 1 aliphatic carbocycles. The van der Waals surface area contributed by atoms with Gasteiger partial charge in [0, 0.05) is 51.8 Å². The Kier molecular flexibility index (Phi) is 6.61. The molecule has 0 saturated carbocycles. The van der Waals surface area contributed by atoms with E-state index in [-0.39, 0.29) is 11.5 Å². The molecule has 0 fully saturated rings. The fraction of sp³-hybridized carbons (Fsp3) is 0.233. The molecule has 2 N–H and O–H groups in total. The number of amides is 2. The van der Waals surface area contributed by atoms with Crippen LogP contribution < -0.4 is 16.2 Å². The highest BCUT2D eigenvalue weighted by atomic mass is 35.5. The quantitative estimate of drug-likeness (QED) is 0.516. The number of nitrogens with zero attached hydrogens (tertiary/aromatic N) is 2. The second-order valence-electron chi connectivity index (χ2n) is 9.53. The Hall–Kier alpha value is -3.90. The minimum absolute atomic E-state index is 0.115. The first-order valence-corrected chi connectivity index (χ1v) is 12.8. The molecule has 188 valence electrons. The van der Waals surface area contributed by atoms with Crippen molar-refractivity contribution in [1.29, 1.82) is 0 Å². The number of benzene rings is 2. The number of aromatic nitrogens is 1. The van der Waals surface area contributed by atoms with Crippen molar-refractivity contribution in [2.24, 2.45) is 5.73 Å². The number of primary amides is 1. The van der Waals surface area contributed by atoms with E-state index in [0.717, 1.165) is 28.9 Å². The lowest BCUT2D eigenvalue weighted by atomic mass is 9.73. The molecule has 2 amide bonds. The average molecular weight is 514 g/mol. The van der Waals surface area contributed by atoms with Crippen molar-refractivity contribution in [3.63, 3.8) is 0 Å². The van der Waals surface area contributed by atoms with Crippen LogP contribution in [0.4, 0.5) is 5.69 Å². The molecule has 1 aromatic heterocycles. The summed E-state index contributed by atoms with van der Waals surface area (Å²) in [5.41, 5.74) is 9.60. The smallest absolute Gasteiger partial charge is 0.255 e. The molecule has 1 atom stereocenters. The third-order valence-corrected chi connectivity index (χ3v) is 7.81. The number of allylic oxidation sites excluding steroid dienone is 1. The average Bonchev–Trinajstić information content (AvgIpc) is 3.08. The molecule has 0 spiro atoms. The van der Waals surface area contributed by atoms with Crippen LogP contribution in [0.1, 0.15) is 38.2 Å². The maximum Gasteiger partial charge on any atom is 0.255 e. The molecule has 0 saturated heterocycles. The second-order valence-corrected chi connectivity index (χ2v) is 9.97. The van der Waals surface area contributed by atoms with E-state index < -0.39 is 11.3 Å². The number of anilines is 1. The van der Waals surface area contributed by atoms with E-state index in [2.05, 4.69) is 6.92 Å². The highest BCUT2D eigenvalue weighted by Gasteiger charge is 2.38. The Morgan fingerprint density at radius 1 is 0.973 bits per heavy atom. The Bertz CT molecular complexity index is 1500. The van der Waals surface area contributed by atoms with Crippen molar-refractivity contribution in [3.8, 4) is 5.69 Å². The van der Waals surface area contributed by atoms with Gasteiger partial charge in [0.1, 0.15) is 0 Å². The lowest BCUT2D eigenvalue weighted by Gasteiger charge is -2.31. The zero-order chi connectivity index (χ0) is 26.2. The molecule has 1 aliphatic heterocycles. The second kappa shape index (κ2) is 9.87. The number of halogens is 1. The van der Waals surface area contributed by atoms with Crippen LogP contribution in [0.2, 0.25) is 5.02 Å². The zero-order valence-electron chi connectivity index (χ0n) is 20.6. The highest BCUT2D eigenvalue weighted by molar-refractivity contribution is 6.30. The van der Waals surface area contributed by atoms with Gasteiger partial charge in [0.15, 0.2) is 0 Å². The molecule has 2 aliphatic rings. The number of pyridine rings is 1. The molecule has 5 rings (SSSR count). The minimum atomic E-state index is -0.520. The van der Waals surface area contributed by atoms with Gasteiger partial charge in [-0.3, -0.25) is 19.0 Å². The van der Waals surface area contributed by atoms with Crippen molar-refractivity contribution in [2.45, 2.75) is 38.0 Å². The summed E-state index contributed by atoms with van der Waals surface area (Å²) in [6, 6.07) is 20.0. The molecule has 0 radical (unpaired) electrons. The maximum atomic E-state index is 13.8. The van der Waals surface area contributed by atoms with Gasteiger partial charge in [0.2, 0.25) is 5.91 Å². The van der Waals surface area contributed by atoms with E-state index in [1.54, 1.807) is 27.8 Å². The standard InChI is InChI=1S/C30H28ClN3O3/c1-2-30(20-6-5-7-21(31)18-20)15-13-25-24(26(19-30)28(32)36)14-17-34(29(25)37)23-11-9-22(10-12-23)33-16-4-3-8-27(33)35/h3-12,16,18-19H,2,13-15,17H2,1H3,(H2,32,36).